The summed E-state index contributed by atoms with van der Waals surface area (Å²) in [5.74, 6) is 2.12. The Morgan fingerprint density at radius 1 is 1.00 bits per heavy atom. The summed E-state index contributed by atoms with van der Waals surface area (Å²) in [5, 5.41) is 9.64. The maximum absolute atomic E-state index is 12.7. The third kappa shape index (κ3) is 4.04. The molecular formula is C23H19N5O2S2. The first kappa shape index (κ1) is 20.5. The SMILES string of the molecule is COc1ccc(-n2c(Cn3c(=O)sc4ccccc43)nnc2SCc2ccccn2)cc1. The van der Waals surface area contributed by atoms with E-state index in [0.29, 0.717) is 18.1 Å². The minimum Gasteiger partial charge on any atom is -0.497 e. The number of aromatic nitrogens is 5. The Balaban J connectivity index is 1.54. The molecule has 0 saturated carbocycles. The number of fused-ring (bicyclic) bond motifs is 1. The molecule has 0 aliphatic carbocycles. The molecule has 7 nitrogen and oxygen atoms in total. The largest absolute Gasteiger partial charge is 0.497 e. The number of hydrogen-bond donors (Lipinski definition) is 0. The van der Waals surface area contributed by atoms with E-state index < -0.39 is 0 Å². The Kier molecular flexibility index (Phi) is 5.74. The molecule has 0 atom stereocenters. The molecule has 0 radical (unpaired) electrons. The van der Waals surface area contributed by atoms with E-state index in [1.54, 1.807) is 29.6 Å². The van der Waals surface area contributed by atoms with Gasteiger partial charge in [0.25, 0.3) is 0 Å². The number of methoxy groups -OCH3 is 1. The quantitative estimate of drug-likeness (QED) is 0.335. The molecule has 2 aromatic carbocycles. The van der Waals surface area contributed by atoms with E-state index in [1.807, 2.05) is 71.3 Å². The standard InChI is InChI=1S/C23H19N5O2S2/c1-30-18-11-9-17(10-12-18)28-21(14-27-19-7-2-3-8-20(19)32-23(27)29)25-26-22(28)31-15-16-6-4-5-13-24-16/h2-13H,14-15H2,1H3. The van der Waals surface area contributed by atoms with Gasteiger partial charge in [-0.3, -0.25) is 18.9 Å². The van der Waals surface area contributed by atoms with Crippen LogP contribution in [0.15, 0.2) is 82.9 Å². The number of ether oxygens (including phenoxy) is 1. The van der Waals surface area contributed by atoms with Crippen molar-refractivity contribution in [3.63, 3.8) is 0 Å². The van der Waals surface area contributed by atoms with Gasteiger partial charge < -0.3 is 4.74 Å². The fraction of sp³-hybridized carbons (Fsp3) is 0.130. The highest BCUT2D eigenvalue weighted by atomic mass is 32.2. The van der Waals surface area contributed by atoms with E-state index >= 15 is 0 Å². The van der Waals surface area contributed by atoms with Crippen LogP contribution in [0.1, 0.15) is 11.5 Å². The summed E-state index contributed by atoms with van der Waals surface area (Å²) in [5.41, 5.74) is 2.76. The molecule has 0 saturated heterocycles. The van der Waals surface area contributed by atoms with Gasteiger partial charge in [0.2, 0.25) is 0 Å². The van der Waals surface area contributed by atoms with Crippen LogP contribution in [-0.2, 0) is 12.3 Å². The lowest BCUT2D eigenvalue weighted by atomic mass is 10.3. The molecular weight excluding hydrogens is 442 g/mol. The Morgan fingerprint density at radius 3 is 2.59 bits per heavy atom. The number of hydrogen-bond acceptors (Lipinski definition) is 7. The number of thiazole rings is 1. The van der Waals surface area contributed by atoms with Gasteiger partial charge in [-0.25, -0.2) is 0 Å². The lowest BCUT2D eigenvalue weighted by Crippen LogP contribution is -2.16. The van der Waals surface area contributed by atoms with E-state index in [0.717, 1.165) is 32.5 Å². The number of nitrogens with zero attached hydrogens (tertiary/aromatic N) is 5. The fourth-order valence-electron chi connectivity index (χ4n) is 3.41. The molecule has 0 aliphatic rings. The van der Waals surface area contributed by atoms with Gasteiger partial charge in [0.15, 0.2) is 11.0 Å². The van der Waals surface area contributed by atoms with Crippen molar-refractivity contribution in [1.82, 2.24) is 24.3 Å². The topological polar surface area (TPSA) is 74.8 Å². The minimum atomic E-state index is -0.0156. The third-order valence-corrected chi connectivity index (χ3v) is 6.90. The Labute approximate surface area is 192 Å². The first-order valence-corrected chi connectivity index (χ1v) is 11.7. The molecule has 0 spiro atoms. The van der Waals surface area contributed by atoms with Crippen LogP contribution in [0.5, 0.6) is 5.75 Å². The normalized spacial score (nSPS) is 11.2. The summed E-state index contributed by atoms with van der Waals surface area (Å²) in [6.07, 6.45) is 1.78. The summed E-state index contributed by atoms with van der Waals surface area (Å²) < 4.78 is 10.00. The Bertz CT molecular complexity index is 1410. The van der Waals surface area contributed by atoms with Gasteiger partial charge in [0.1, 0.15) is 5.75 Å². The highest BCUT2D eigenvalue weighted by molar-refractivity contribution is 7.98. The maximum atomic E-state index is 12.7. The molecule has 32 heavy (non-hydrogen) atoms. The molecule has 9 heteroatoms. The number of benzene rings is 2. The van der Waals surface area contributed by atoms with Crippen LogP contribution in [0, 0.1) is 0 Å². The monoisotopic (exact) mass is 461 g/mol. The van der Waals surface area contributed by atoms with Crippen molar-refractivity contribution in [2.75, 3.05) is 7.11 Å². The van der Waals surface area contributed by atoms with E-state index in [4.69, 9.17) is 4.74 Å². The predicted octanol–water partition coefficient (Wildman–Crippen LogP) is 4.39. The zero-order valence-corrected chi connectivity index (χ0v) is 18.8. The van der Waals surface area contributed by atoms with E-state index in [-0.39, 0.29) is 4.87 Å². The average molecular weight is 462 g/mol. The second kappa shape index (κ2) is 8.97. The van der Waals surface area contributed by atoms with Gasteiger partial charge in [0, 0.05) is 17.6 Å². The third-order valence-electron chi connectivity index (χ3n) is 4.98. The molecule has 5 rings (SSSR count). The predicted molar refractivity (Wildman–Crippen MR) is 127 cm³/mol. The maximum Gasteiger partial charge on any atom is 0.308 e. The summed E-state index contributed by atoms with van der Waals surface area (Å²) in [7, 11) is 1.64. The number of thioether (sulfide) groups is 1. The molecule has 0 amide bonds. The molecule has 0 fully saturated rings. The number of para-hydroxylation sites is 1. The Hall–Kier alpha value is -3.43. The van der Waals surface area contributed by atoms with Crippen molar-refractivity contribution in [2.45, 2.75) is 17.5 Å². The van der Waals surface area contributed by atoms with Crippen molar-refractivity contribution < 1.29 is 4.74 Å². The zero-order valence-electron chi connectivity index (χ0n) is 17.2. The van der Waals surface area contributed by atoms with Crippen LogP contribution in [-0.4, -0.2) is 31.4 Å². The number of rotatable bonds is 7. The number of pyridine rings is 1. The van der Waals surface area contributed by atoms with Gasteiger partial charge in [-0.2, -0.15) is 0 Å². The summed E-state index contributed by atoms with van der Waals surface area (Å²) in [4.78, 5) is 17.1. The van der Waals surface area contributed by atoms with E-state index in [1.165, 1.54) is 11.3 Å². The molecule has 0 unspecified atom stereocenters. The van der Waals surface area contributed by atoms with Crippen molar-refractivity contribution in [1.29, 1.82) is 0 Å². The van der Waals surface area contributed by atoms with Crippen LogP contribution < -0.4 is 9.61 Å². The lowest BCUT2D eigenvalue weighted by Gasteiger charge is -2.11. The van der Waals surface area contributed by atoms with Gasteiger partial charge in [-0.05, 0) is 48.5 Å². The van der Waals surface area contributed by atoms with Gasteiger partial charge >= 0.3 is 4.87 Å². The first-order valence-electron chi connectivity index (χ1n) is 9.93. The summed E-state index contributed by atoms with van der Waals surface area (Å²) in [6.45, 7) is 0.325. The first-order chi connectivity index (χ1) is 15.7. The highest BCUT2D eigenvalue weighted by Gasteiger charge is 2.18. The molecule has 3 heterocycles. The van der Waals surface area contributed by atoms with Crippen LogP contribution >= 0.6 is 23.1 Å². The molecule has 0 bridgehead atoms. The van der Waals surface area contributed by atoms with E-state index in [9.17, 15) is 4.79 Å². The van der Waals surface area contributed by atoms with Crippen LogP contribution in [0.2, 0.25) is 0 Å². The molecule has 0 N–H and O–H groups in total. The van der Waals surface area contributed by atoms with Gasteiger partial charge in [-0.15, -0.1) is 10.2 Å². The average Bonchev–Trinajstić information content (AvgIpc) is 3.39. The van der Waals surface area contributed by atoms with Crippen LogP contribution in [0.25, 0.3) is 15.9 Å². The van der Waals surface area contributed by atoms with E-state index in [2.05, 4.69) is 15.2 Å². The van der Waals surface area contributed by atoms with Crippen LogP contribution in [0.4, 0.5) is 0 Å². The minimum absolute atomic E-state index is 0.0156. The Morgan fingerprint density at radius 2 is 1.81 bits per heavy atom. The summed E-state index contributed by atoms with van der Waals surface area (Å²) >= 11 is 2.80. The summed E-state index contributed by atoms with van der Waals surface area (Å²) in [6, 6.07) is 21.4. The molecule has 0 aliphatic heterocycles. The van der Waals surface area contributed by atoms with Crippen molar-refractivity contribution >= 4 is 33.3 Å². The second-order valence-electron chi connectivity index (χ2n) is 6.96. The lowest BCUT2D eigenvalue weighted by molar-refractivity contribution is 0.414. The van der Waals surface area contributed by atoms with Gasteiger partial charge in [0.05, 0.1) is 29.6 Å². The van der Waals surface area contributed by atoms with Gasteiger partial charge in [-0.1, -0.05) is 41.3 Å². The molecule has 160 valence electrons. The smallest absolute Gasteiger partial charge is 0.308 e. The molecule has 5 aromatic rings. The molecule has 3 aromatic heterocycles. The van der Waals surface area contributed by atoms with Crippen molar-refractivity contribution in [2.24, 2.45) is 0 Å². The fourth-order valence-corrected chi connectivity index (χ4v) is 5.19. The van der Waals surface area contributed by atoms with Crippen molar-refractivity contribution in [3.8, 4) is 11.4 Å². The second-order valence-corrected chi connectivity index (χ2v) is 8.90. The van der Waals surface area contributed by atoms with Crippen molar-refractivity contribution in [3.05, 3.63) is 94.1 Å². The highest BCUT2D eigenvalue weighted by Crippen LogP contribution is 2.27. The van der Waals surface area contributed by atoms with Crippen LogP contribution in [0.3, 0.4) is 0 Å². The zero-order chi connectivity index (χ0) is 21.9.